The van der Waals surface area contributed by atoms with Crippen molar-refractivity contribution >= 4 is 29.4 Å². The van der Waals surface area contributed by atoms with Gasteiger partial charge in [-0.1, -0.05) is 17.7 Å². The van der Waals surface area contributed by atoms with E-state index in [9.17, 15) is 14.9 Å². The second-order valence-electron chi connectivity index (χ2n) is 5.22. The van der Waals surface area contributed by atoms with Gasteiger partial charge in [-0.15, -0.1) is 0 Å². The zero-order valence-electron chi connectivity index (χ0n) is 13.3. The number of benzene rings is 2. The third kappa shape index (κ3) is 4.14. The van der Waals surface area contributed by atoms with Crippen molar-refractivity contribution in [2.24, 2.45) is 5.10 Å². The molecule has 130 valence electrons. The number of halogens is 1. The molecule has 7 nitrogen and oxygen atoms in total. The zero-order valence-corrected chi connectivity index (χ0v) is 14.0. The van der Waals surface area contributed by atoms with E-state index in [4.69, 9.17) is 16.0 Å². The van der Waals surface area contributed by atoms with Crippen LogP contribution >= 0.6 is 11.6 Å². The van der Waals surface area contributed by atoms with Gasteiger partial charge < -0.3 is 4.42 Å². The van der Waals surface area contributed by atoms with E-state index in [0.29, 0.717) is 16.5 Å². The number of hydrogen-bond acceptors (Lipinski definition) is 5. The van der Waals surface area contributed by atoms with Crippen molar-refractivity contribution in [2.75, 3.05) is 0 Å². The number of amides is 1. The second kappa shape index (κ2) is 7.62. The van der Waals surface area contributed by atoms with Gasteiger partial charge in [0.25, 0.3) is 11.6 Å². The molecule has 3 rings (SSSR count). The molecule has 0 atom stereocenters. The van der Waals surface area contributed by atoms with Crippen LogP contribution in [0.1, 0.15) is 16.1 Å². The maximum absolute atomic E-state index is 12.0. The minimum atomic E-state index is -0.568. The molecule has 0 radical (unpaired) electrons. The first-order valence-corrected chi connectivity index (χ1v) is 7.84. The number of nitro benzene ring substituents is 1. The number of rotatable bonds is 5. The van der Waals surface area contributed by atoms with Crippen LogP contribution in [0.25, 0.3) is 11.3 Å². The minimum absolute atomic E-state index is 0.137. The SMILES string of the molecule is O=C(N/N=C/c1ccc(-c2ccc(Cl)cc2)o1)c1cccc([N+](=O)[O-])c1. The largest absolute Gasteiger partial charge is 0.455 e. The average Bonchev–Trinajstić information content (AvgIpc) is 3.11. The molecule has 0 aliphatic carbocycles. The summed E-state index contributed by atoms with van der Waals surface area (Å²) in [7, 11) is 0. The summed E-state index contributed by atoms with van der Waals surface area (Å²) in [5.41, 5.74) is 3.13. The first-order chi connectivity index (χ1) is 12.5. The van der Waals surface area contributed by atoms with Crippen LogP contribution in [0.5, 0.6) is 0 Å². The Morgan fingerprint density at radius 3 is 2.65 bits per heavy atom. The summed E-state index contributed by atoms with van der Waals surface area (Å²) in [5.74, 6) is 0.511. The second-order valence-corrected chi connectivity index (χ2v) is 5.65. The van der Waals surface area contributed by atoms with Crippen molar-refractivity contribution in [3.05, 3.63) is 87.1 Å². The van der Waals surface area contributed by atoms with E-state index in [1.165, 1.54) is 30.5 Å². The third-order valence-corrected chi connectivity index (χ3v) is 3.68. The van der Waals surface area contributed by atoms with Crippen LogP contribution in [0.15, 0.2) is 70.2 Å². The molecular weight excluding hydrogens is 358 g/mol. The molecule has 0 saturated heterocycles. The summed E-state index contributed by atoms with van der Waals surface area (Å²) < 4.78 is 5.61. The molecule has 26 heavy (non-hydrogen) atoms. The van der Waals surface area contributed by atoms with E-state index >= 15 is 0 Å². The van der Waals surface area contributed by atoms with E-state index < -0.39 is 10.8 Å². The minimum Gasteiger partial charge on any atom is -0.455 e. The quantitative estimate of drug-likeness (QED) is 0.412. The fourth-order valence-electron chi connectivity index (χ4n) is 2.17. The molecule has 0 unspecified atom stereocenters. The van der Waals surface area contributed by atoms with E-state index in [1.54, 1.807) is 24.3 Å². The van der Waals surface area contributed by atoms with Crippen LogP contribution in [0.3, 0.4) is 0 Å². The Hall–Kier alpha value is -3.45. The van der Waals surface area contributed by atoms with Crippen molar-refractivity contribution in [1.82, 2.24) is 5.43 Å². The smallest absolute Gasteiger partial charge is 0.271 e. The number of nitro groups is 1. The standard InChI is InChI=1S/C18H12ClN3O4/c19-14-6-4-12(5-7-14)17-9-8-16(26-17)11-20-21-18(23)13-2-1-3-15(10-13)22(24)25/h1-11H,(H,21,23)/b20-11+. The molecule has 0 aliphatic heterocycles. The summed E-state index contributed by atoms with van der Waals surface area (Å²) >= 11 is 5.85. The number of carbonyl (C=O) groups is 1. The van der Waals surface area contributed by atoms with E-state index in [0.717, 1.165) is 5.56 Å². The number of hydrogen-bond donors (Lipinski definition) is 1. The lowest BCUT2D eigenvalue weighted by molar-refractivity contribution is -0.384. The van der Waals surface area contributed by atoms with Gasteiger partial charge in [-0.25, -0.2) is 5.43 Å². The van der Waals surface area contributed by atoms with E-state index in [2.05, 4.69) is 10.5 Å². The maximum Gasteiger partial charge on any atom is 0.271 e. The molecule has 0 fully saturated rings. The van der Waals surface area contributed by atoms with Crippen LogP contribution < -0.4 is 5.43 Å². The molecular formula is C18H12ClN3O4. The number of nitrogens with one attached hydrogen (secondary N) is 1. The monoisotopic (exact) mass is 369 g/mol. The van der Waals surface area contributed by atoms with Gasteiger partial charge in [-0.05, 0) is 42.5 Å². The summed E-state index contributed by atoms with van der Waals surface area (Å²) in [4.78, 5) is 22.1. The normalized spacial score (nSPS) is 10.8. The van der Waals surface area contributed by atoms with Crippen LogP contribution in [0.4, 0.5) is 5.69 Å². The third-order valence-electron chi connectivity index (χ3n) is 3.43. The Morgan fingerprint density at radius 2 is 1.92 bits per heavy atom. The number of non-ortho nitro benzene ring substituents is 1. The number of nitrogens with zero attached hydrogens (tertiary/aromatic N) is 2. The molecule has 3 aromatic rings. The molecule has 1 amide bonds. The molecule has 1 aromatic heterocycles. The zero-order chi connectivity index (χ0) is 18.5. The topological polar surface area (TPSA) is 97.7 Å². The van der Waals surface area contributed by atoms with Crippen molar-refractivity contribution in [3.8, 4) is 11.3 Å². The van der Waals surface area contributed by atoms with Gasteiger partial charge in [0.05, 0.1) is 11.1 Å². The predicted octanol–water partition coefficient (Wildman–Crippen LogP) is 4.27. The fourth-order valence-corrected chi connectivity index (χ4v) is 2.30. The van der Waals surface area contributed by atoms with Gasteiger partial charge in [0, 0.05) is 28.3 Å². The Morgan fingerprint density at radius 1 is 1.15 bits per heavy atom. The summed E-state index contributed by atoms with van der Waals surface area (Å²) in [6.07, 6.45) is 1.34. The molecule has 0 spiro atoms. The molecule has 1 N–H and O–H groups in total. The van der Waals surface area contributed by atoms with Crippen molar-refractivity contribution in [3.63, 3.8) is 0 Å². The van der Waals surface area contributed by atoms with Gasteiger partial charge in [-0.3, -0.25) is 14.9 Å². The van der Waals surface area contributed by atoms with Crippen LogP contribution in [0, 0.1) is 10.1 Å². The average molecular weight is 370 g/mol. The molecule has 1 heterocycles. The fraction of sp³-hybridized carbons (Fsp3) is 0. The molecule has 2 aromatic carbocycles. The lowest BCUT2D eigenvalue weighted by Gasteiger charge is -1.99. The van der Waals surface area contributed by atoms with Crippen LogP contribution in [-0.2, 0) is 0 Å². The highest BCUT2D eigenvalue weighted by Crippen LogP contribution is 2.23. The first kappa shape index (κ1) is 17.4. The van der Waals surface area contributed by atoms with Gasteiger partial charge in [-0.2, -0.15) is 5.10 Å². The predicted molar refractivity (Wildman–Crippen MR) is 97.3 cm³/mol. The molecule has 0 saturated carbocycles. The Kier molecular flexibility index (Phi) is 5.09. The number of furan rings is 1. The summed E-state index contributed by atoms with van der Waals surface area (Å²) in [6, 6.07) is 16.0. The lowest BCUT2D eigenvalue weighted by atomic mass is 10.2. The highest BCUT2D eigenvalue weighted by Gasteiger charge is 2.10. The Bertz CT molecular complexity index is 980. The van der Waals surface area contributed by atoms with E-state index in [-0.39, 0.29) is 11.3 Å². The first-order valence-electron chi connectivity index (χ1n) is 7.46. The lowest BCUT2D eigenvalue weighted by Crippen LogP contribution is -2.17. The number of hydrazone groups is 1. The number of carbonyl (C=O) groups excluding carboxylic acids is 1. The van der Waals surface area contributed by atoms with Crippen molar-refractivity contribution < 1.29 is 14.1 Å². The van der Waals surface area contributed by atoms with Gasteiger partial charge in [0.2, 0.25) is 0 Å². The van der Waals surface area contributed by atoms with Gasteiger partial charge >= 0.3 is 0 Å². The highest BCUT2D eigenvalue weighted by molar-refractivity contribution is 6.30. The van der Waals surface area contributed by atoms with Crippen molar-refractivity contribution in [1.29, 1.82) is 0 Å². The summed E-state index contributed by atoms with van der Waals surface area (Å²) in [5, 5.41) is 15.2. The molecule has 8 heteroatoms. The maximum atomic E-state index is 12.0. The van der Waals surface area contributed by atoms with Crippen LogP contribution in [-0.4, -0.2) is 17.0 Å². The van der Waals surface area contributed by atoms with Crippen LogP contribution in [0.2, 0.25) is 5.02 Å². The van der Waals surface area contributed by atoms with E-state index in [1.807, 2.05) is 12.1 Å². The highest BCUT2D eigenvalue weighted by atomic mass is 35.5. The van der Waals surface area contributed by atoms with Gasteiger partial charge in [0.15, 0.2) is 0 Å². The molecule has 0 aliphatic rings. The molecule has 0 bridgehead atoms. The van der Waals surface area contributed by atoms with Gasteiger partial charge in [0.1, 0.15) is 11.5 Å². The Balaban J connectivity index is 1.65. The summed E-state index contributed by atoms with van der Waals surface area (Å²) in [6.45, 7) is 0. The Labute approximate surface area is 153 Å². The van der Waals surface area contributed by atoms with Crippen molar-refractivity contribution in [2.45, 2.75) is 0 Å².